The molecule has 0 bridgehead atoms. The minimum Gasteiger partial charge on any atom is -0.354 e. The standard InChI is InChI=1S/C12H21N3O/c13-7-4-8-15-12(16)10-14-9-11-5-2-1-3-6-11/h11,14H,1-6,8-10H2,(H,15,16). The number of carbonyl (C=O) groups is 1. The van der Waals surface area contributed by atoms with E-state index < -0.39 is 0 Å². The Morgan fingerprint density at radius 2 is 2.06 bits per heavy atom. The van der Waals surface area contributed by atoms with Crippen LogP contribution in [0.25, 0.3) is 0 Å². The van der Waals surface area contributed by atoms with Crippen molar-refractivity contribution in [2.45, 2.75) is 38.5 Å². The van der Waals surface area contributed by atoms with E-state index in [2.05, 4.69) is 10.6 Å². The molecule has 0 aromatic heterocycles. The first-order chi connectivity index (χ1) is 7.83. The topological polar surface area (TPSA) is 64.9 Å². The Hall–Kier alpha value is -1.08. The molecule has 1 saturated carbocycles. The molecule has 0 unspecified atom stereocenters. The van der Waals surface area contributed by atoms with E-state index >= 15 is 0 Å². The lowest BCUT2D eigenvalue weighted by Crippen LogP contribution is -2.36. The quantitative estimate of drug-likeness (QED) is 0.665. The number of nitriles is 1. The number of carbonyl (C=O) groups excluding carboxylic acids is 1. The zero-order valence-corrected chi connectivity index (χ0v) is 9.80. The smallest absolute Gasteiger partial charge is 0.233 e. The number of hydrogen-bond acceptors (Lipinski definition) is 3. The van der Waals surface area contributed by atoms with Crippen LogP contribution in [0.2, 0.25) is 0 Å². The lowest BCUT2D eigenvalue weighted by Gasteiger charge is -2.21. The van der Waals surface area contributed by atoms with E-state index in [1.807, 2.05) is 6.07 Å². The van der Waals surface area contributed by atoms with Crippen molar-refractivity contribution in [1.29, 1.82) is 5.26 Å². The Morgan fingerprint density at radius 3 is 2.75 bits per heavy atom. The van der Waals surface area contributed by atoms with Crippen LogP contribution in [0.3, 0.4) is 0 Å². The molecular formula is C12H21N3O. The summed E-state index contributed by atoms with van der Waals surface area (Å²) in [5, 5.41) is 14.2. The highest BCUT2D eigenvalue weighted by molar-refractivity contribution is 5.77. The van der Waals surface area contributed by atoms with Crippen molar-refractivity contribution in [2.24, 2.45) is 5.92 Å². The van der Waals surface area contributed by atoms with Crippen LogP contribution >= 0.6 is 0 Å². The van der Waals surface area contributed by atoms with E-state index in [1.54, 1.807) is 0 Å². The zero-order valence-electron chi connectivity index (χ0n) is 9.80. The van der Waals surface area contributed by atoms with Crippen LogP contribution in [0.15, 0.2) is 0 Å². The molecule has 16 heavy (non-hydrogen) atoms. The van der Waals surface area contributed by atoms with Gasteiger partial charge in [0.1, 0.15) is 0 Å². The maximum Gasteiger partial charge on any atom is 0.233 e. The fraction of sp³-hybridized carbons (Fsp3) is 0.833. The Bertz CT molecular complexity index is 241. The summed E-state index contributed by atoms with van der Waals surface area (Å²) in [6, 6.07) is 2.00. The van der Waals surface area contributed by atoms with E-state index in [1.165, 1.54) is 32.1 Å². The van der Waals surface area contributed by atoms with Gasteiger partial charge in [-0.2, -0.15) is 5.26 Å². The molecule has 0 aliphatic heterocycles. The summed E-state index contributed by atoms with van der Waals surface area (Å²) >= 11 is 0. The van der Waals surface area contributed by atoms with Gasteiger partial charge < -0.3 is 10.6 Å². The molecule has 1 fully saturated rings. The van der Waals surface area contributed by atoms with Crippen molar-refractivity contribution in [3.63, 3.8) is 0 Å². The summed E-state index contributed by atoms with van der Waals surface area (Å²) in [7, 11) is 0. The van der Waals surface area contributed by atoms with Gasteiger partial charge in [0.05, 0.1) is 19.0 Å². The minimum absolute atomic E-state index is 0.00828. The summed E-state index contributed by atoms with van der Waals surface area (Å²) in [5.41, 5.74) is 0. The van der Waals surface area contributed by atoms with E-state index in [0.717, 1.165) is 12.5 Å². The number of hydrogen-bond donors (Lipinski definition) is 2. The zero-order chi connectivity index (χ0) is 11.6. The average Bonchev–Trinajstić information content (AvgIpc) is 2.31. The molecule has 1 rings (SSSR count). The second-order valence-electron chi connectivity index (χ2n) is 4.39. The van der Waals surface area contributed by atoms with Crippen molar-refractivity contribution in [3.05, 3.63) is 0 Å². The molecule has 1 aliphatic carbocycles. The molecule has 0 spiro atoms. The summed E-state index contributed by atoms with van der Waals surface area (Å²) in [6.45, 7) is 1.79. The molecule has 0 atom stereocenters. The summed E-state index contributed by atoms with van der Waals surface area (Å²) < 4.78 is 0. The minimum atomic E-state index is -0.00828. The summed E-state index contributed by atoms with van der Waals surface area (Å²) in [6.07, 6.45) is 7.01. The van der Waals surface area contributed by atoms with Crippen molar-refractivity contribution in [2.75, 3.05) is 19.6 Å². The fourth-order valence-electron chi connectivity index (χ4n) is 2.10. The Morgan fingerprint density at radius 1 is 1.31 bits per heavy atom. The van der Waals surface area contributed by atoms with E-state index in [4.69, 9.17) is 5.26 Å². The number of nitrogens with zero attached hydrogens (tertiary/aromatic N) is 1. The lowest BCUT2D eigenvalue weighted by molar-refractivity contribution is -0.120. The van der Waals surface area contributed by atoms with E-state index in [9.17, 15) is 4.79 Å². The van der Waals surface area contributed by atoms with Gasteiger partial charge >= 0.3 is 0 Å². The summed E-state index contributed by atoms with van der Waals surface area (Å²) in [4.78, 5) is 11.3. The third-order valence-corrected chi connectivity index (χ3v) is 3.00. The van der Waals surface area contributed by atoms with Crippen molar-refractivity contribution >= 4 is 5.91 Å². The molecule has 0 aromatic rings. The van der Waals surface area contributed by atoms with Crippen LogP contribution in [0.4, 0.5) is 0 Å². The first kappa shape index (κ1) is 13.0. The van der Waals surface area contributed by atoms with Gasteiger partial charge in [0, 0.05) is 6.54 Å². The van der Waals surface area contributed by atoms with Gasteiger partial charge in [0.15, 0.2) is 0 Å². The first-order valence-electron chi connectivity index (χ1n) is 6.17. The molecule has 0 heterocycles. The molecule has 4 heteroatoms. The van der Waals surface area contributed by atoms with Gasteiger partial charge in [-0.05, 0) is 25.3 Å². The predicted octanol–water partition coefficient (Wildman–Crippen LogP) is 1.19. The largest absolute Gasteiger partial charge is 0.354 e. The number of rotatable bonds is 6. The molecule has 2 N–H and O–H groups in total. The first-order valence-corrected chi connectivity index (χ1v) is 6.17. The second-order valence-corrected chi connectivity index (χ2v) is 4.39. The maximum absolute atomic E-state index is 11.3. The van der Waals surface area contributed by atoms with Gasteiger partial charge in [0.2, 0.25) is 5.91 Å². The van der Waals surface area contributed by atoms with Gasteiger partial charge in [0.25, 0.3) is 0 Å². The SMILES string of the molecule is N#CCCNC(=O)CNCC1CCCCC1. The number of nitrogens with one attached hydrogen (secondary N) is 2. The van der Waals surface area contributed by atoms with E-state index in [0.29, 0.717) is 19.5 Å². The monoisotopic (exact) mass is 223 g/mol. The van der Waals surface area contributed by atoms with Gasteiger partial charge in [-0.1, -0.05) is 19.3 Å². The predicted molar refractivity (Wildman–Crippen MR) is 62.7 cm³/mol. The van der Waals surface area contributed by atoms with Crippen molar-refractivity contribution in [1.82, 2.24) is 10.6 Å². The molecule has 0 aromatic carbocycles. The Labute approximate surface area is 97.4 Å². The molecule has 0 radical (unpaired) electrons. The molecule has 1 amide bonds. The van der Waals surface area contributed by atoms with E-state index in [-0.39, 0.29) is 5.91 Å². The highest BCUT2D eigenvalue weighted by Gasteiger charge is 2.12. The van der Waals surface area contributed by atoms with Crippen molar-refractivity contribution < 1.29 is 4.79 Å². The van der Waals surface area contributed by atoms with Crippen LogP contribution in [0.1, 0.15) is 38.5 Å². The lowest BCUT2D eigenvalue weighted by atomic mass is 9.89. The van der Waals surface area contributed by atoms with Crippen LogP contribution in [-0.2, 0) is 4.79 Å². The van der Waals surface area contributed by atoms with Gasteiger partial charge in [-0.25, -0.2) is 0 Å². The fourth-order valence-corrected chi connectivity index (χ4v) is 2.10. The molecule has 0 saturated heterocycles. The van der Waals surface area contributed by atoms with Gasteiger partial charge in [-0.15, -0.1) is 0 Å². The normalized spacial score (nSPS) is 16.7. The molecule has 90 valence electrons. The molecule has 4 nitrogen and oxygen atoms in total. The van der Waals surface area contributed by atoms with Crippen molar-refractivity contribution in [3.8, 4) is 6.07 Å². The van der Waals surface area contributed by atoms with Crippen LogP contribution in [-0.4, -0.2) is 25.5 Å². The van der Waals surface area contributed by atoms with Crippen LogP contribution in [0.5, 0.6) is 0 Å². The third kappa shape index (κ3) is 5.72. The van der Waals surface area contributed by atoms with Crippen LogP contribution < -0.4 is 10.6 Å². The van der Waals surface area contributed by atoms with Crippen LogP contribution in [0, 0.1) is 17.2 Å². The molecule has 1 aliphatic rings. The molecular weight excluding hydrogens is 202 g/mol. The average molecular weight is 223 g/mol. The highest BCUT2D eigenvalue weighted by Crippen LogP contribution is 2.22. The van der Waals surface area contributed by atoms with Gasteiger partial charge in [-0.3, -0.25) is 4.79 Å². The highest BCUT2D eigenvalue weighted by atomic mass is 16.1. The maximum atomic E-state index is 11.3. The third-order valence-electron chi connectivity index (χ3n) is 3.00. The Kier molecular flexibility index (Phi) is 6.59. The number of amides is 1. The summed E-state index contributed by atoms with van der Waals surface area (Å²) in [5.74, 6) is 0.742. The Balaban J connectivity index is 1.97. The second kappa shape index (κ2) is 8.12.